The highest BCUT2D eigenvalue weighted by molar-refractivity contribution is 5.71. The van der Waals surface area contributed by atoms with E-state index in [1.54, 1.807) is 0 Å². The molecule has 4 nitrogen and oxygen atoms in total. The minimum atomic E-state index is -0.830. The zero-order chi connectivity index (χ0) is 13.5. The first-order valence-electron chi connectivity index (χ1n) is 5.99. The zero-order valence-corrected chi connectivity index (χ0v) is 11.2. The Hall–Kier alpha value is -1.84. The minimum Gasteiger partial charge on any atom is -0.481 e. The van der Waals surface area contributed by atoms with E-state index < -0.39 is 5.97 Å². The number of carboxylic acid groups (broad SMARTS) is 1. The fraction of sp³-hybridized carbons (Fsp3) is 0.429. The molecule has 2 rings (SSSR count). The molecular formula is C14H18N2O2. The second-order valence-corrected chi connectivity index (χ2v) is 5.66. The summed E-state index contributed by atoms with van der Waals surface area (Å²) in [7, 11) is 0. The molecule has 18 heavy (non-hydrogen) atoms. The minimum absolute atomic E-state index is 0.00275. The Morgan fingerprint density at radius 2 is 2.06 bits per heavy atom. The third-order valence-corrected chi connectivity index (χ3v) is 2.89. The summed E-state index contributed by atoms with van der Waals surface area (Å²) in [4.78, 5) is 15.6. The lowest BCUT2D eigenvalue weighted by molar-refractivity contribution is -0.136. The van der Waals surface area contributed by atoms with Crippen molar-refractivity contribution in [2.75, 3.05) is 0 Å². The highest BCUT2D eigenvalue weighted by Crippen LogP contribution is 2.27. The molecule has 0 amide bonds. The standard InChI is InChI=1S/C14H18N2O2/c1-9-5-6-11-15-13(14(2,3)4)10(7-12(17)18)16(11)8-9/h5-6,8H,7H2,1-4H3,(H,17,18). The van der Waals surface area contributed by atoms with Gasteiger partial charge in [-0.25, -0.2) is 4.98 Å². The molecule has 0 aliphatic carbocycles. The Morgan fingerprint density at radius 1 is 1.39 bits per heavy atom. The number of hydrogen-bond donors (Lipinski definition) is 1. The van der Waals surface area contributed by atoms with E-state index in [4.69, 9.17) is 5.11 Å². The fourth-order valence-corrected chi connectivity index (χ4v) is 2.11. The molecule has 0 aromatic carbocycles. The number of hydrogen-bond acceptors (Lipinski definition) is 2. The normalized spacial score (nSPS) is 12.0. The average molecular weight is 246 g/mol. The maximum atomic E-state index is 11.0. The van der Waals surface area contributed by atoms with E-state index in [2.05, 4.69) is 4.98 Å². The van der Waals surface area contributed by atoms with Crippen LogP contribution in [0, 0.1) is 6.92 Å². The molecule has 96 valence electrons. The van der Waals surface area contributed by atoms with Gasteiger partial charge in [0.25, 0.3) is 0 Å². The summed E-state index contributed by atoms with van der Waals surface area (Å²) in [6.07, 6.45) is 1.94. The monoisotopic (exact) mass is 246 g/mol. The molecule has 2 aromatic heterocycles. The van der Waals surface area contributed by atoms with Gasteiger partial charge in [-0.3, -0.25) is 4.79 Å². The van der Waals surface area contributed by atoms with Gasteiger partial charge in [0.05, 0.1) is 17.8 Å². The van der Waals surface area contributed by atoms with E-state index in [1.165, 1.54) is 0 Å². The molecule has 0 atom stereocenters. The van der Waals surface area contributed by atoms with E-state index in [0.29, 0.717) is 0 Å². The molecule has 1 N–H and O–H groups in total. The Bertz CT molecular complexity index is 606. The van der Waals surface area contributed by atoms with Gasteiger partial charge in [-0.15, -0.1) is 0 Å². The van der Waals surface area contributed by atoms with Crippen LogP contribution in [0.15, 0.2) is 18.3 Å². The van der Waals surface area contributed by atoms with Gasteiger partial charge in [-0.2, -0.15) is 0 Å². The number of aliphatic carboxylic acids is 1. The maximum absolute atomic E-state index is 11.0. The summed E-state index contributed by atoms with van der Waals surface area (Å²) < 4.78 is 1.89. The molecule has 4 heteroatoms. The summed E-state index contributed by atoms with van der Waals surface area (Å²) in [5.74, 6) is -0.830. The number of pyridine rings is 1. The molecule has 0 saturated heterocycles. The predicted molar refractivity (Wildman–Crippen MR) is 70.0 cm³/mol. The number of imidazole rings is 1. The van der Waals surface area contributed by atoms with Crippen molar-refractivity contribution in [3.63, 3.8) is 0 Å². The Labute approximate surface area is 106 Å². The van der Waals surface area contributed by atoms with Crippen LogP contribution in [0.4, 0.5) is 0 Å². The number of nitrogens with zero attached hydrogens (tertiary/aromatic N) is 2. The summed E-state index contributed by atoms with van der Waals surface area (Å²) in [6, 6.07) is 3.91. The lowest BCUT2D eigenvalue weighted by atomic mass is 9.90. The van der Waals surface area contributed by atoms with Crippen LogP contribution in [0.3, 0.4) is 0 Å². The van der Waals surface area contributed by atoms with Crippen molar-refractivity contribution in [3.05, 3.63) is 35.3 Å². The molecule has 0 aliphatic heterocycles. The molecule has 0 spiro atoms. The third kappa shape index (κ3) is 2.23. The summed E-state index contributed by atoms with van der Waals surface area (Å²) >= 11 is 0. The van der Waals surface area contributed by atoms with Crippen LogP contribution in [0.25, 0.3) is 5.65 Å². The topological polar surface area (TPSA) is 54.6 Å². The largest absolute Gasteiger partial charge is 0.481 e. The van der Waals surface area contributed by atoms with Gasteiger partial charge >= 0.3 is 5.97 Å². The third-order valence-electron chi connectivity index (χ3n) is 2.89. The van der Waals surface area contributed by atoms with Crippen LogP contribution in [0.2, 0.25) is 0 Å². The summed E-state index contributed by atoms with van der Waals surface area (Å²) in [6.45, 7) is 8.13. The summed E-state index contributed by atoms with van der Waals surface area (Å²) in [5.41, 5.74) is 3.36. The zero-order valence-electron chi connectivity index (χ0n) is 11.2. The Kier molecular flexibility index (Phi) is 2.89. The van der Waals surface area contributed by atoms with Gasteiger partial charge in [-0.05, 0) is 18.6 Å². The molecule has 0 fully saturated rings. The SMILES string of the molecule is Cc1ccc2nc(C(C)(C)C)c(CC(=O)O)n2c1. The van der Waals surface area contributed by atoms with E-state index in [9.17, 15) is 4.79 Å². The lowest BCUT2D eigenvalue weighted by Crippen LogP contribution is -2.17. The Morgan fingerprint density at radius 3 is 2.61 bits per heavy atom. The van der Waals surface area contributed by atoms with Crippen LogP contribution in [0.1, 0.15) is 37.7 Å². The van der Waals surface area contributed by atoms with Crippen LogP contribution in [-0.2, 0) is 16.6 Å². The van der Waals surface area contributed by atoms with Gasteiger partial charge in [0.1, 0.15) is 5.65 Å². The molecule has 0 saturated carbocycles. The number of carbonyl (C=O) groups is 1. The van der Waals surface area contributed by atoms with E-state index in [0.717, 1.165) is 22.6 Å². The number of carboxylic acids is 1. The second kappa shape index (κ2) is 4.12. The maximum Gasteiger partial charge on any atom is 0.309 e. The van der Waals surface area contributed by atoms with E-state index >= 15 is 0 Å². The van der Waals surface area contributed by atoms with Crippen LogP contribution in [-0.4, -0.2) is 20.5 Å². The number of fused-ring (bicyclic) bond motifs is 1. The molecular weight excluding hydrogens is 228 g/mol. The van der Waals surface area contributed by atoms with E-state index in [-0.39, 0.29) is 11.8 Å². The van der Waals surface area contributed by atoms with Crippen molar-refractivity contribution in [1.82, 2.24) is 9.38 Å². The first-order chi connectivity index (χ1) is 8.29. The van der Waals surface area contributed by atoms with Crippen molar-refractivity contribution in [2.45, 2.75) is 39.5 Å². The lowest BCUT2D eigenvalue weighted by Gasteiger charge is -2.17. The van der Waals surface area contributed by atoms with Crippen molar-refractivity contribution in [1.29, 1.82) is 0 Å². The highest BCUT2D eigenvalue weighted by atomic mass is 16.4. The molecule has 0 unspecified atom stereocenters. The van der Waals surface area contributed by atoms with E-state index in [1.807, 2.05) is 50.4 Å². The quantitative estimate of drug-likeness (QED) is 0.886. The van der Waals surface area contributed by atoms with Crippen molar-refractivity contribution >= 4 is 11.6 Å². The Balaban J connectivity index is 2.73. The van der Waals surface area contributed by atoms with Gasteiger partial charge < -0.3 is 9.51 Å². The highest BCUT2D eigenvalue weighted by Gasteiger charge is 2.24. The van der Waals surface area contributed by atoms with Crippen molar-refractivity contribution < 1.29 is 9.90 Å². The van der Waals surface area contributed by atoms with Crippen LogP contribution in [0.5, 0.6) is 0 Å². The molecule has 0 aliphatic rings. The fourth-order valence-electron chi connectivity index (χ4n) is 2.11. The first-order valence-corrected chi connectivity index (χ1v) is 5.99. The molecule has 2 aromatic rings. The van der Waals surface area contributed by atoms with Crippen molar-refractivity contribution in [2.24, 2.45) is 0 Å². The molecule has 0 radical (unpaired) electrons. The first kappa shape index (κ1) is 12.6. The number of rotatable bonds is 2. The van der Waals surface area contributed by atoms with Crippen LogP contribution >= 0.6 is 0 Å². The average Bonchev–Trinajstić information content (AvgIpc) is 2.56. The molecule has 2 heterocycles. The predicted octanol–water partition coefficient (Wildman–Crippen LogP) is 2.57. The second-order valence-electron chi connectivity index (χ2n) is 5.66. The van der Waals surface area contributed by atoms with Gasteiger partial charge in [0, 0.05) is 11.6 Å². The van der Waals surface area contributed by atoms with Gasteiger partial charge in [-0.1, -0.05) is 26.8 Å². The summed E-state index contributed by atoms with van der Waals surface area (Å²) in [5, 5.41) is 9.06. The number of aromatic nitrogens is 2. The molecule has 0 bridgehead atoms. The number of aryl methyl sites for hydroxylation is 1. The van der Waals surface area contributed by atoms with Gasteiger partial charge in [0.15, 0.2) is 0 Å². The van der Waals surface area contributed by atoms with Crippen LogP contribution < -0.4 is 0 Å². The van der Waals surface area contributed by atoms with Crippen molar-refractivity contribution in [3.8, 4) is 0 Å². The smallest absolute Gasteiger partial charge is 0.309 e. The van der Waals surface area contributed by atoms with Gasteiger partial charge in [0.2, 0.25) is 0 Å².